The Morgan fingerprint density at radius 1 is 1.22 bits per heavy atom. The third kappa shape index (κ3) is 6.17. The Balaban J connectivity index is 2.22. The Labute approximate surface area is 161 Å². The lowest BCUT2D eigenvalue weighted by molar-refractivity contribution is -0.116. The molecule has 0 aliphatic carbocycles. The summed E-state index contributed by atoms with van der Waals surface area (Å²) < 4.78 is 21.0. The summed E-state index contributed by atoms with van der Waals surface area (Å²) in [5, 5.41) is 10.9. The first kappa shape index (κ1) is 20.6. The molecule has 1 aromatic rings. The maximum atomic E-state index is 12.0. The van der Waals surface area contributed by atoms with Crippen LogP contribution >= 0.6 is 11.8 Å². The Bertz CT molecular complexity index is 760. The molecular formula is C17H21N3O6S. The highest BCUT2D eigenvalue weighted by Crippen LogP contribution is 2.38. The van der Waals surface area contributed by atoms with Gasteiger partial charge in [-0.2, -0.15) is 5.10 Å². The third-order valence-corrected chi connectivity index (χ3v) is 3.86. The van der Waals surface area contributed by atoms with Gasteiger partial charge in [-0.1, -0.05) is 11.8 Å². The highest BCUT2D eigenvalue weighted by molar-refractivity contribution is 8.15. The molecule has 2 rings (SSSR count). The standard InChI is InChI=1S/C17H21N3O6S/c1-17(2,3)26-16(22)25-14-11(23-4)6-10(7-12(14)24-5)8-18-20-15-19-13(21)9-27-15/h6-8H,9H2,1-5H3,(H,19,20,21). The van der Waals surface area contributed by atoms with Gasteiger partial charge in [0.2, 0.25) is 11.7 Å². The fraction of sp³-hybridized carbons (Fsp3) is 0.412. The molecule has 27 heavy (non-hydrogen) atoms. The van der Waals surface area contributed by atoms with Gasteiger partial charge in [0.25, 0.3) is 0 Å². The van der Waals surface area contributed by atoms with Crippen molar-refractivity contribution >= 4 is 35.2 Å². The van der Waals surface area contributed by atoms with E-state index in [9.17, 15) is 9.59 Å². The van der Waals surface area contributed by atoms with E-state index in [0.717, 1.165) is 0 Å². The smallest absolute Gasteiger partial charge is 0.493 e. The number of hydrogen-bond donors (Lipinski definition) is 1. The normalized spacial score (nSPS) is 15.7. The highest BCUT2D eigenvalue weighted by atomic mass is 32.2. The number of hydrogen-bond acceptors (Lipinski definition) is 9. The summed E-state index contributed by atoms with van der Waals surface area (Å²) in [5.41, 5.74) is -0.101. The van der Waals surface area contributed by atoms with Crippen molar-refractivity contribution < 1.29 is 28.5 Å². The molecule has 1 saturated heterocycles. The van der Waals surface area contributed by atoms with Crippen molar-refractivity contribution in [2.45, 2.75) is 26.4 Å². The van der Waals surface area contributed by atoms with Gasteiger partial charge in [-0.25, -0.2) is 4.79 Å². The van der Waals surface area contributed by atoms with Gasteiger partial charge in [0.1, 0.15) is 5.60 Å². The van der Waals surface area contributed by atoms with Crippen LogP contribution in [0.25, 0.3) is 0 Å². The molecule has 10 heteroatoms. The topological polar surface area (TPSA) is 108 Å². The van der Waals surface area contributed by atoms with Gasteiger partial charge in [0.15, 0.2) is 16.7 Å². The van der Waals surface area contributed by atoms with Crippen molar-refractivity contribution in [1.82, 2.24) is 5.32 Å². The van der Waals surface area contributed by atoms with E-state index in [2.05, 4.69) is 15.5 Å². The summed E-state index contributed by atoms with van der Waals surface area (Å²) in [6.45, 7) is 5.19. The molecule has 9 nitrogen and oxygen atoms in total. The third-order valence-electron chi connectivity index (χ3n) is 3.00. The van der Waals surface area contributed by atoms with Crippen molar-refractivity contribution in [2.24, 2.45) is 10.2 Å². The zero-order chi connectivity index (χ0) is 20.0. The van der Waals surface area contributed by atoms with Crippen molar-refractivity contribution in [3.63, 3.8) is 0 Å². The van der Waals surface area contributed by atoms with Crippen LogP contribution in [-0.2, 0) is 9.53 Å². The summed E-state index contributed by atoms with van der Waals surface area (Å²) in [5.74, 6) is 0.833. The average molecular weight is 395 g/mol. The molecule has 0 radical (unpaired) electrons. The van der Waals surface area contributed by atoms with Crippen LogP contribution in [0.2, 0.25) is 0 Å². The van der Waals surface area contributed by atoms with E-state index in [1.807, 2.05) is 0 Å². The molecule has 1 aliphatic rings. The van der Waals surface area contributed by atoms with Gasteiger partial charge in [0.05, 0.1) is 26.2 Å². The molecular weight excluding hydrogens is 374 g/mol. The summed E-state index contributed by atoms with van der Waals surface area (Å²) in [4.78, 5) is 23.1. The van der Waals surface area contributed by atoms with Gasteiger partial charge < -0.3 is 24.3 Å². The minimum absolute atomic E-state index is 0.0938. The molecule has 146 valence electrons. The van der Waals surface area contributed by atoms with E-state index < -0.39 is 11.8 Å². The van der Waals surface area contributed by atoms with Gasteiger partial charge in [-0.3, -0.25) is 4.79 Å². The van der Waals surface area contributed by atoms with Crippen LogP contribution in [0.5, 0.6) is 17.2 Å². The number of rotatable bonds is 5. The molecule has 1 amide bonds. The average Bonchev–Trinajstić information content (AvgIpc) is 2.99. The van der Waals surface area contributed by atoms with Crippen molar-refractivity contribution in [1.29, 1.82) is 0 Å². The molecule has 0 atom stereocenters. The van der Waals surface area contributed by atoms with E-state index in [0.29, 0.717) is 16.5 Å². The number of amides is 1. The van der Waals surface area contributed by atoms with Crippen LogP contribution in [-0.4, -0.2) is 49.0 Å². The lowest BCUT2D eigenvalue weighted by Crippen LogP contribution is -2.26. The maximum absolute atomic E-state index is 12.0. The second-order valence-corrected chi connectivity index (χ2v) is 7.27. The number of methoxy groups -OCH3 is 2. The van der Waals surface area contributed by atoms with E-state index in [-0.39, 0.29) is 23.2 Å². The van der Waals surface area contributed by atoms with Crippen molar-refractivity contribution in [3.05, 3.63) is 17.7 Å². The lowest BCUT2D eigenvalue weighted by Gasteiger charge is -2.20. The van der Waals surface area contributed by atoms with Crippen LogP contribution in [0.3, 0.4) is 0 Å². The fourth-order valence-electron chi connectivity index (χ4n) is 1.96. The molecule has 1 fully saturated rings. The predicted octanol–water partition coefficient (Wildman–Crippen LogP) is 2.57. The first-order valence-electron chi connectivity index (χ1n) is 7.92. The van der Waals surface area contributed by atoms with Gasteiger partial charge in [-0.15, -0.1) is 5.10 Å². The lowest BCUT2D eigenvalue weighted by atomic mass is 10.2. The molecule has 1 N–H and O–H groups in total. The van der Waals surface area contributed by atoms with E-state index >= 15 is 0 Å². The largest absolute Gasteiger partial charge is 0.514 e. The minimum Gasteiger partial charge on any atom is -0.493 e. The van der Waals surface area contributed by atoms with E-state index in [1.165, 1.54) is 32.2 Å². The zero-order valence-corrected chi connectivity index (χ0v) is 16.5. The van der Waals surface area contributed by atoms with E-state index in [4.69, 9.17) is 18.9 Å². The number of amidine groups is 1. The number of benzene rings is 1. The number of nitrogens with zero attached hydrogens (tertiary/aromatic N) is 2. The number of carbonyl (C=O) groups is 2. The maximum Gasteiger partial charge on any atom is 0.514 e. The molecule has 0 saturated carbocycles. The Morgan fingerprint density at radius 3 is 2.33 bits per heavy atom. The van der Waals surface area contributed by atoms with Gasteiger partial charge in [-0.05, 0) is 32.9 Å². The summed E-state index contributed by atoms with van der Waals surface area (Å²) in [7, 11) is 2.87. The quantitative estimate of drug-likeness (QED) is 0.353. The molecule has 1 aromatic carbocycles. The first-order chi connectivity index (χ1) is 12.7. The van der Waals surface area contributed by atoms with Gasteiger partial charge >= 0.3 is 6.16 Å². The van der Waals surface area contributed by atoms with Crippen LogP contribution in [0.4, 0.5) is 4.79 Å². The SMILES string of the molecule is COc1cc(C=NN=C2NC(=O)CS2)cc(OC)c1OC(=O)OC(C)(C)C. The monoisotopic (exact) mass is 395 g/mol. The Kier molecular flexibility index (Phi) is 6.67. The highest BCUT2D eigenvalue weighted by Gasteiger charge is 2.22. The fourth-order valence-corrected chi connectivity index (χ4v) is 2.59. The predicted molar refractivity (Wildman–Crippen MR) is 102 cm³/mol. The summed E-state index contributed by atoms with van der Waals surface area (Å²) in [6.07, 6.45) is 0.585. The summed E-state index contributed by atoms with van der Waals surface area (Å²) in [6, 6.07) is 3.21. The van der Waals surface area contributed by atoms with Crippen LogP contribution < -0.4 is 19.5 Å². The number of carbonyl (C=O) groups excluding carboxylic acids is 2. The van der Waals surface area contributed by atoms with Crippen LogP contribution in [0.15, 0.2) is 22.3 Å². The number of ether oxygens (including phenoxy) is 4. The second kappa shape index (κ2) is 8.76. The van der Waals surface area contributed by atoms with Crippen molar-refractivity contribution in [3.8, 4) is 17.2 Å². The minimum atomic E-state index is -0.874. The Hall–Kier alpha value is -2.75. The van der Waals surface area contributed by atoms with Gasteiger partial charge in [0, 0.05) is 5.56 Å². The Morgan fingerprint density at radius 2 is 1.85 bits per heavy atom. The second-order valence-electron chi connectivity index (χ2n) is 6.31. The molecule has 1 heterocycles. The van der Waals surface area contributed by atoms with E-state index in [1.54, 1.807) is 32.9 Å². The van der Waals surface area contributed by atoms with Crippen molar-refractivity contribution in [2.75, 3.05) is 20.0 Å². The summed E-state index contributed by atoms with van der Waals surface area (Å²) >= 11 is 1.27. The molecule has 0 unspecified atom stereocenters. The molecule has 1 aliphatic heterocycles. The van der Waals surface area contributed by atoms with Crippen LogP contribution in [0.1, 0.15) is 26.3 Å². The number of nitrogens with one attached hydrogen (secondary N) is 1. The zero-order valence-electron chi connectivity index (χ0n) is 15.7. The molecule has 0 aromatic heterocycles. The molecule has 0 spiro atoms. The first-order valence-corrected chi connectivity index (χ1v) is 8.91. The molecule has 0 bridgehead atoms. The van der Waals surface area contributed by atoms with Crippen LogP contribution in [0, 0.1) is 0 Å². The number of thioether (sulfide) groups is 1.